The van der Waals surface area contributed by atoms with Crippen LogP contribution < -0.4 is 15.4 Å². The maximum atomic E-state index is 12.4. The first kappa shape index (κ1) is 23.6. The van der Waals surface area contributed by atoms with E-state index in [0.717, 1.165) is 5.56 Å². The zero-order chi connectivity index (χ0) is 23.6. The zero-order valence-corrected chi connectivity index (χ0v) is 18.5. The highest BCUT2D eigenvalue weighted by atomic mass is 35.5. The summed E-state index contributed by atoms with van der Waals surface area (Å²) in [6.07, 6.45) is 2.79. The van der Waals surface area contributed by atoms with Crippen molar-refractivity contribution >= 4 is 46.8 Å². The van der Waals surface area contributed by atoms with Gasteiger partial charge in [0.25, 0.3) is 11.8 Å². The maximum absolute atomic E-state index is 12.4. The second-order valence-electron chi connectivity index (χ2n) is 6.77. The molecule has 0 saturated heterocycles. The molecule has 0 heterocycles. The molecule has 33 heavy (non-hydrogen) atoms. The summed E-state index contributed by atoms with van der Waals surface area (Å²) >= 11 is 5.81. The second kappa shape index (κ2) is 11.5. The Balaban J connectivity index is 1.47. The van der Waals surface area contributed by atoms with Gasteiger partial charge in [0.15, 0.2) is 6.61 Å². The van der Waals surface area contributed by atoms with Crippen molar-refractivity contribution in [3.05, 3.63) is 95.0 Å². The molecule has 0 aliphatic heterocycles. The molecule has 0 saturated carbocycles. The van der Waals surface area contributed by atoms with Gasteiger partial charge in [0.2, 0.25) is 0 Å². The molecule has 0 fully saturated rings. The van der Waals surface area contributed by atoms with Gasteiger partial charge in [-0.25, -0.2) is 4.79 Å². The number of amides is 2. The molecule has 2 N–H and O–H groups in total. The fraction of sp³-hybridized carbons (Fsp3) is 0.0800. The monoisotopic (exact) mass is 464 g/mol. The molecule has 0 bridgehead atoms. The SMILES string of the molecule is COc1ccccc1NC(=O)c1ccc(NC(=O)COC(=O)/C=C/c2ccc(Cl)cc2)cc1. The average Bonchev–Trinajstić information content (AvgIpc) is 2.83. The number of ether oxygens (including phenoxy) is 2. The number of halogens is 1. The Morgan fingerprint density at radius 1 is 0.909 bits per heavy atom. The van der Waals surface area contributed by atoms with E-state index >= 15 is 0 Å². The van der Waals surface area contributed by atoms with Crippen molar-refractivity contribution in [1.29, 1.82) is 0 Å². The Labute approximate surface area is 196 Å². The molecule has 168 valence electrons. The van der Waals surface area contributed by atoms with Crippen molar-refractivity contribution in [1.82, 2.24) is 0 Å². The van der Waals surface area contributed by atoms with Crippen LogP contribution in [0.15, 0.2) is 78.9 Å². The van der Waals surface area contributed by atoms with Gasteiger partial charge in [0.1, 0.15) is 5.75 Å². The fourth-order valence-corrected chi connectivity index (χ4v) is 2.89. The van der Waals surface area contributed by atoms with E-state index in [-0.39, 0.29) is 5.91 Å². The Bertz CT molecular complexity index is 1160. The molecule has 0 unspecified atom stereocenters. The summed E-state index contributed by atoms with van der Waals surface area (Å²) in [6.45, 7) is -0.445. The number of para-hydroxylation sites is 2. The van der Waals surface area contributed by atoms with E-state index in [4.69, 9.17) is 21.1 Å². The van der Waals surface area contributed by atoms with Gasteiger partial charge in [-0.2, -0.15) is 0 Å². The van der Waals surface area contributed by atoms with Gasteiger partial charge in [-0.05, 0) is 60.2 Å². The predicted molar refractivity (Wildman–Crippen MR) is 127 cm³/mol. The Hall–Kier alpha value is -4.10. The summed E-state index contributed by atoms with van der Waals surface area (Å²) < 4.78 is 10.2. The molecular weight excluding hydrogens is 444 g/mol. The molecule has 2 amide bonds. The third-order valence-corrected chi connectivity index (χ3v) is 4.67. The van der Waals surface area contributed by atoms with Crippen LogP contribution in [-0.2, 0) is 14.3 Å². The largest absolute Gasteiger partial charge is 0.495 e. The van der Waals surface area contributed by atoms with Crippen LogP contribution >= 0.6 is 11.6 Å². The van der Waals surface area contributed by atoms with E-state index in [0.29, 0.717) is 27.7 Å². The molecule has 0 aromatic heterocycles. The number of anilines is 2. The molecule has 0 aliphatic carbocycles. The van der Waals surface area contributed by atoms with Gasteiger partial charge in [-0.1, -0.05) is 35.9 Å². The summed E-state index contributed by atoms with van der Waals surface area (Å²) in [5.74, 6) is -0.927. The first-order valence-electron chi connectivity index (χ1n) is 9.89. The minimum absolute atomic E-state index is 0.321. The van der Waals surface area contributed by atoms with Crippen molar-refractivity contribution in [2.45, 2.75) is 0 Å². The number of esters is 1. The summed E-state index contributed by atoms with van der Waals surface area (Å²) in [6, 6.07) is 20.3. The molecule has 0 aliphatic rings. The smallest absolute Gasteiger partial charge is 0.331 e. The first-order valence-corrected chi connectivity index (χ1v) is 10.3. The average molecular weight is 465 g/mol. The summed E-state index contributed by atoms with van der Waals surface area (Å²) in [5, 5.41) is 5.97. The van der Waals surface area contributed by atoms with Gasteiger partial charge < -0.3 is 20.1 Å². The molecule has 0 atom stereocenters. The second-order valence-corrected chi connectivity index (χ2v) is 7.21. The molecule has 3 aromatic rings. The van der Waals surface area contributed by atoms with Gasteiger partial charge in [-0.15, -0.1) is 0 Å². The van der Waals surface area contributed by atoms with E-state index in [1.807, 2.05) is 0 Å². The molecule has 0 spiro atoms. The van der Waals surface area contributed by atoms with Crippen molar-refractivity contribution < 1.29 is 23.9 Å². The van der Waals surface area contributed by atoms with Crippen LogP contribution in [0.5, 0.6) is 5.75 Å². The molecule has 3 rings (SSSR count). The van der Waals surface area contributed by atoms with E-state index in [1.54, 1.807) is 78.9 Å². The zero-order valence-electron chi connectivity index (χ0n) is 17.7. The van der Waals surface area contributed by atoms with Gasteiger partial charge in [0.05, 0.1) is 12.8 Å². The van der Waals surface area contributed by atoms with Crippen LogP contribution in [0.4, 0.5) is 11.4 Å². The van der Waals surface area contributed by atoms with Crippen molar-refractivity contribution in [2.24, 2.45) is 0 Å². The third-order valence-electron chi connectivity index (χ3n) is 4.41. The van der Waals surface area contributed by atoms with E-state index < -0.39 is 18.5 Å². The Kier molecular flexibility index (Phi) is 8.21. The Morgan fingerprint density at radius 3 is 2.30 bits per heavy atom. The van der Waals surface area contributed by atoms with Gasteiger partial charge >= 0.3 is 5.97 Å². The van der Waals surface area contributed by atoms with E-state index in [9.17, 15) is 14.4 Å². The lowest BCUT2D eigenvalue weighted by molar-refractivity contribution is -0.142. The normalized spacial score (nSPS) is 10.5. The maximum Gasteiger partial charge on any atom is 0.331 e. The minimum atomic E-state index is -0.650. The first-order chi connectivity index (χ1) is 15.9. The number of carbonyl (C=O) groups is 3. The number of rotatable bonds is 8. The number of benzene rings is 3. The predicted octanol–water partition coefficient (Wildman–Crippen LogP) is 4.80. The third kappa shape index (κ3) is 7.22. The summed E-state index contributed by atoms with van der Waals surface area (Å²) in [4.78, 5) is 36.3. The van der Waals surface area contributed by atoms with Crippen LogP contribution in [0.3, 0.4) is 0 Å². The van der Waals surface area contributed by atoms with Crippen LogP contribution in [0.1, 0.15) is 15.9 Å². The highest BCUT2D eigenvalue weighted by molar-refractivity contribution is 6.30. The molecular formula is C25H21ClN2O5. The van der Waals surface area contributed by atoms with Gasteiger partial charge in [0, 0.05) is 22.3 Å². The lowest BCUT2D eigenvalue weighted by atomic mass is 10.2. The lowest BCUT2D eigenvalue weighted by Crippen LogP contribution is -2.20. The number of methoxy groups -OCH3 is 1. The van der Waals surface area contributed by atoms with Crippen LogP contribution in [0.25, 0.3) is 6.08 Å². The standard InChI is InChI=1S/C25H21ClN2O5/c1-32-22-5-3-2-4-21(22)28-25(31)18-9-13-20(14-10-18)27-23(29)16-33-24(30)15-8-17-6-11-19(26)12-7-17/h2-15H,16H2,1H3,(H,27,29)(H,28,31)/b15-8+. The quantitative estimate of drug-likeness (QED) is 0.369. The van der Waals surface area contributed by atoms with Crippen LogP contribution in [-0.4, -0.2) is 31.5 Å². The molecule has 8 heteroatoms. The van der Waals surface area contributed by atoms with Crippen molar-refractivity contribution in [3.63, 3.8) is 0 Å². The highest BCUT2D eigenvalue weighted by Crippen LogP contribution is 2.23. The Morgan fingerprint density at radius 2 is 1.61 bits per heavy atom. The number of nitrogens with one attached hydrogen (secondary N) is 2. The van der Waals surface area contributed by atoms with Crippen molar-refractivity contribution in [2.75, 3.05) is 24.4 Å². The van der Waals surface area contributed by atoms with Gasteiger partial charge in [-0.3, -0.25) is 9.59 Å². The highest BCUT2D eigenvalue weighted by Gasteiger charge is 2.10. The van der Waals surface area contributed by atoms with Crippen LogP contribution in [0.2, 0.25) is 5.02 Å². The van der Waals surface area contributed by atoms with Crippen molar-refractivity contribution in [3.8, 4) is 5.75 Å². The van der Waals surface area contributed by atoms with E-state index in [1.165, 1.54) is 13.2 Å². The lowest BCUT2D eigenvalue weighted by Gasteiger charge is -2.10. The summed E-state index contributed by atoms with van der Waals surface area (Å²) in [7, 11) is 1.52. The minimum Gasteiger partial charge on any atom is -0.495 e. The molecule has 0 radical (unpaired) electrons. The number of hydrogen-bond donors (Lipinski definition) is 2. The fourth-order valence-electron chi connectivity index (χ4n) is 2.77. The molecule has 3 aromatic carbocycles. The summed E-state index contributed by atoms with van der Waals surface area (Å²) in [5.41, 5.74) is 2.18. The topological polar surface area (TPSA) is 93.7 Å². The van der Waals surface area contributed by atoms with E-state index in [2.05, 4.69) is 10.6 Å². The van der Waals surface area contributed by atoms with Crippen LogP contribution in [0, 0.1) is 0 Å². The number of carbonyl (C=O) groups excluding carboxylic acids is 3. The number of hydrogen-bond acceptors (Lipinski definition) is 5. The molecule has 7 nitrogen and oxygen atoms in total.